The maximum absolute atomic E-state index is 6.01. The minimum absolute atomic E-state index is 0.537. The minimum atomic E-state index is 0.537. The number of fused-ring (bicyclic) bond motifs is 1. The highest BCUT2D eigenvalue weighted by Gasteiger charge is 2.27. The molecule has 0 aliphatic carbocycles. The molecule has 1 unspecified atom stereocenters. The lowest BCUT2D eigenvalue weighted by molar-refractivity contribution is 0.379. The van der Waals surface area contributed by atoms with Crippen LogP contribution in [0.3, 0.4) is 0 Å². The van der Waals surface area contributed by atoms with Gasteiger partial charge in [0.1, 0.15) is 5.82 Å². The van der Waals surface area contributed by atoms with Crippen molar-refractivity contribution in [3.8, 4) is 0 Å². The van der Waals surface area contributed by atoms with E-state index in [-0.39, 0.29) is 0 Å². The number of likely N-dealkylation sites (N-methyl/N-ethyl adjacent to an activating group) is 1. The predicted molar refractivity (Wildman–Crippen MR) is 67.7 cm³/mol. The van der Waals surface area contributed by atoms with Crippen LogP contribution in [0.2, 0.25) is 0 Å². The molecule has 1 atom stereocenters. The first-order valence-electron chi connectivity index (χ1n) is 5.87. The quantitative estimate of drug-likeness (QED) is 0.797. The number of thioether (sulfide) groups is 1. The molecule has 0 aromatic carbocycles. The molecule has 0 amide bonds. The van der Waals surface area contributed by atoms with E-state index in [1.54, 1.807) is 0 Å². The van der Waals surface area contributed by atoms with E-state index in [0.717, 1.165) is 24.5 Å². The monoisotopic (exact) mass is 238 g/mol. The Morgan fingerprint density at radius 3 is 3.12 bits per heavy atom. The zero-order valence-corrected chi connectivity index (χ0v) is 10.5. The van der Waals surface area contributed by atoms with Gasteiger partial charge in [-0.3, -0.25) is 4.68 Å². The summed E-state index contributed by atoms with van der Waals surface area (Å²) < 4.78 is 2.21. The molecule has 1 aromatic heterocycles. The van der Waals surface area contributed by atoms with Gasteiger partial charge in [0, 0.05) is 17.9 Å². The zero-order chi connectivity index (χ0) is 11.1. The van der Waals surface area contributed by atoms with Crippen molar-refractivity contribution in [2.24, 2.45) is 0 Å². The van der Waals surface area contributed by atoms with Crippen LogP contribution >= 0.6 is 11.8 Å². The fourth-order valence-electron chi connectivity index (χ4n) is 2.70. The van der Waals surface area contributed by atoms with E-state index in [0.29, 0.717) is 6.04 Å². The number of hydrogen-bond acceptors (Lipinski definition) is 4. The molecule has 0 spiro atoms. The number of aromatic nitrogens is 2. The lowest BCUT2D eigenvalue weighted by Gasteiger charge is -2.17. The van der Waals surface area contributed by atoms with E-state index in [9.17, 15) is 0 Å². The normalized spacial score (nSPS) is 25.9. The van der Waals surface area contributed by atoms with Crippen LogP contribution in [0.5, 0.6) is 0 Å². The first-order valence-corrected chi connectivity index (χ1v) is 7.03. The molecule has 0 bridgehead atoms. The smallest absolute Gasteiger partial charge is 0.148 e. The highest BCUT2D eigenvalue weighted by molar-refractivity contribution is 7.98. The summed E-state index contributed by atoms with van der Waals surface area (Å²) in [6.07, 6.45) is 2.29. The summed E-state index contributed by atoms with van der Waals surface area (Å²) in [5.41, 5.74) is 8.71. The molecule has 2 aliphatic rings. The molecule has 16 heavy (non-hydrogen) atoms. The second-order valence-corrected chi connectivity index (χ2v) is 5.87. The highest BCUT2D eigenvalue weighted by Crippen LogP contribution is 2.32. The lowest BCUT2D eigenvalue weighted by Crippen LogP contribution is -2.19. The van der Waals surface area contributed by atoms with E-state index in [4.69, 9.17) is 5.73 Å². The molecular weight excluding hydrogens is 220 g/mol. The van der Waals surface area contributed by atoms with E-state index < -0.39 is 0 Å². The molecule has 3 heterocycles. The summed E-state index contributed by atoms with van der Waals surface area (Å²) in [6.45, 7) is 2.28. The first-order chi connectivity index (χ1) is 7.75. The maximum Gasteiger partial charge on any atom is 0.148 e. The van der Waals surface area contributed by atoms with Gasteiger partial charge in [-0.2, -0.15) is 16.9 Å². The molecule has 5 heteroatoms. The van der Waals surface area contributed by atoms with Crippen LogP contribution in [-0.4, -0.2) is 40.6 Å². The fraction of sp³-hybridized carbons (Fsp3) is 0.727. The van der Waals surface area contributed by atoms with Crippen LogP contribution in [0.25, 0.3) is 0 Å². The van der Waals surface area contributed by atoms with Gasteiger partial charge >= 0.3 is 0 Å². The SMILES string of the molecule is CN1CCC(n2nc(N)c3c2CSCC3)C1. The summed E-state index contributed by atoms with van der Waals surface area (Å²) in [5, 5.41) is 4.56. The molecule has 4 nitrogen and oxygen atoms in total. The Hall–Kier alpha value is -0.680. The van der Waals surface area contributed by atoms with E-state index in [1.807, 2.05) is 11.8 Å². The van der Waals surface area contributed by atoms with Gasteiger partial charge in [-0.25, -0.2) is 0 Å². The minimum Gasteiger partial charge on any atom is -0.382 e. The average Bonchev–Trinajstić information content (AvgIpc) is 2.84. The molecule has 1 aromatic rings. The topological polar surface area (TPSA) is 47.1 Å². The Kier molecular flexibility index (Phi) is 2.59. The van der Waals surface area contributed by atoms with Crippen molar-refractivity contribution >= 4 is 17.6 Å². The summed E-state index contributed by atoms with van der Waals surface area (Å²) in [5.74, 6) is 3.04. The molecule has 0 saturated carbocycles. The summed E-state index contributed by atoms with van der Waals surface area (Å²) in [7, 11) is 2.17. The molecule has 0 radical (unpaired) electrons. The summed E-state index contributed by atoms with van der Waals surface area (Å²) in [4.78, 5) is 2.37. The standard InChI is InChI=1S/C11H18N4S/c1-14-4-2-8(6-14)15-10-7-16-5-3-9(10)11(12)13-15/h8H,2-7H2,1H3,(H2,12,13). The molecular formula is C11H18N4S. The van der Waals surface area contributed by atoms with Crippen molar-refractivity contribution in [1.29, 1.82) is 0 Å². The largest absolute Gasteiger partial charge is 0.382 e. The fourth-order valence-corrected chi connectivity index (χ4v) is 3.70. The highest BCUT2D eigenvalue weighted by atomic mass is 32.2. The van der Waals surface area contributed by atoms with Crippen LogP contribution in [-0.2, 0) is 12.2 Å². The summed E-state index contributed by atoms with van der Waals surface area (Å²) >= 11 is 1.99. The molecule has 1 fully saturated rings. The third kappa shape index (κ3) is 1.62. The maximum atomic E-state index is 6.01. The molecule has 1 saturated heterocycles. The predicted octanol–water partition coefficient (Wildman–Crippen LogP) is 1.13. The van der Waals surface area contributed by atoms with Crippen molar-refractivity contribution in [3.05, 3.63) is 11.3 Å². The van der Waals surface area contributed by atoms with E-state index >= 15 is 0 Å². The van der Waals surface area contributed by atoms with Gasteiger partial charge in [0.25, 0.3) is 0 Å². The van der Waals surface area contributed by atoms with Gasteiger partial charge in [-0.05, 0) is 32.2 Å². The number of hydrogen-bond donors (Lipinski definition) is 1. The van der Waals surface area contributed by atoms with Crippen molar-refractivity contribution in [1.82, 2.24) is 14.7 Å². The van der Waals surface area contributed by atoms with E-state index in [2.05, 4.69) is 21.7 Å². The third-order valence-electron chi connectivity index (χ3n) is 3.60. The van der Waals surface area contributed by atoms with Gasteiger partial charge in [-0.1, -0.05) is 0 Å². The van der Waals surface area contributed by atoms with Gasteiger partial charge in [0.05, 0.1) is 11.7 Å². The third-order valence-corrected chi connectivity index (χ3v) is 4.57. The number of nitrogens with two attached hydrogens (primary N) is 1. The van der Waals surface area contributed by atoms with Gasteiger partial charge in [0.2, 0.25) is 0 Å². The Morgan fingerprint density at radius 1 is 1.50 bits per heavy atom. The number of nitrogen functional groups attached to an aromatic ring is 1. The van der Waals surface area contributed by atoms with Crippen LogP contribution in [0, 0.1) is 0 Å². The second kappa shape index (κ2) is 3.96. The van der Waals surface area contributed by atoms with E-state index in [1.165, 1.54) is 30.0 Å². The van der Waals surface area contributed by atoms with Crippen LogP contribution in [0.1, 0.15) is 23.7 Å². The second-order valence-electron chi connectivity index (χ2n) is 4.76. The molecule has 2 N–H and O–H groups in total. The van der Waals surface area contributed by atoms with Crippen molar-refractivity contribution in [2.45, 2.75) is 24.6 Å². The van der Waals surface area contributed by atoms with Crippen LogP contribution in [0.15, 0.2) is 0 Å². The van der Waals surface area contributed by atoms with Crippen molar-refractivity contribution < 1.29 is 0 Å². The van der Waals surface area contributed by atoms with Gasteiger partial charge in [-0.15, -0.1) is 0 Å². The van der Waals surface area contributed by atoms with Gasteiger partial charge in [0.15, 0.2) is 0 Å². The lowest BCUT2D eigenvalue weighted by atomic mass is 10.1. The molecule has 2 aliphatic heterocycles. The Balaban J connectivity index is 1.95. The Bertz CT molecular complexity index is 401. The Labute approximate surface area is 100 Å². The number of nitrogens with zero attached hydrogens (tertiary/aromatic N) is 3. The van der Waals surface area contributed by atoms with Crippen molar-refractivity contribution in [2.75, 3.05) is 31.6 Å². The number of anilines is 1. The first kappa shape index (κ1) is 10.5. The molecule has 3 rings (SSSR count). The zero-order valence-electron chi connectivity index (χ0n) is 9.65. The van der Waals surface area contributed by atoms with Gasteiger partial charge < -0.3 is 10.6 Å². The summed E-state index contributed by atoms with van der Waals surface area (Å²) in [6, 6.07) is 0.537. The molecule has 88 valence electrons. The number of rotatable bonds is 1. The van der Waals surface area contributed by atoms with Crippen molar-refractivity contribution in [3.63, 3.8) is 0 Å². The average molecular weight is 238 g/mol. The Morgan fingerprint density at radius 2 is 2.38 bits per heavy atom. The van der Waals surface area contributed by atoms with Crippen LogP contribution in [0.4, 0.5) is 5.82 Å². The number of likely N-dealkylation sites (tertiary alicyclic amines) is 1. The van der Waals surface area contributed by atoms with Crippen LogP contribution < -0.4 is 5.73 Å².